The second kappa shape index (κ2) is 6.31. The van der Waals surface area contributed by atoms with Crippen molar-refractivity contribution in [2.45, 2.75) is 0 Å². The minimum atomic E-state index is -1.28. The summed E-state index contributed by atoms with van der Waals surface area (Å²) in [5.74, 6) is -4.87. The molecule has 0 aliphatic rings. The van der Waals surface area contributed by atoms with Crippen LogP contribution in [0.15, 0.2) is 48.7 Å². The van der Waals surface area contributed by atoms with Crippen LogP contribution in [-0.2, 0) is 0 Å². The van der Waals surface area contributed by atoms with Gasteiger partial charge in [0.1, 0.15) is 6.20 Å². The van der Waals surface area contributed by atoms with Gasteiger partial charge in [-0.05, 0) is 18.2 Å². The lowest BCUT2D eigenvalue weighted by Crippen LogP contribution is -1.99. The number of hydrogen-bond acceptors (Lipinski definition) is 3. The summed E-state index contributed by atoms with van der Waals surface area (Å²) in [7, 11) is 0. The lowest BCUT2D eigenvalue weighted by atomic mass is 9.98. The summed E-state index contributed by atoms with van der Waals surface area (Å²) in [6.07, 6.45) is 0.834. The molecule has 0 aliphatic heterocycles. The maximum Gasteiger partial charge on any atom is 0.288 e. The molecule has 126 valence electrons. The average molecular weight is 348 g/mol. The van der Waals surface area contributed by atoms with Crippen molar-refractivity contribution in [3.8, 4) is 22.4 Å². The van der Waals surface area contributed by atoms with Crippen molar-refractivity contribution >= 4 is 5.69 Å². The van der Waals surface area contributed by atoms with Crippen LogP contribution in [0, 0.1) is 33.4 Å². The molecule has 0 bridgehead atoms. The monoisotopic (exact) mass is 348 g/mol. The summed E-state index contributed by atoms with van der Waals surface area (Å²) in [6.45, 7) is 0. The lowest BCUT2D eigenvalue weighted by Gasteiger charge is -2.11. The van der Waals surface area contributed by atoms with Crippen molar-refractivity contribution in [1.29, 1.82) is 0 Å². The number of aromatic nitrogens is 1. The van der Waals surface area contributed by atoms with Crippen LogP contribution < -0.4 is 0 Å². The fraction of sp³-hybridized carbons (Fsp3) is 0. The molecule has 1 aromatic heterocycles. The zero-order valence-corrected chi connectivity index (χ0v) is 12.3. The number of hydrogen-bond donors (Lipinski definition) is 0. The lowest BCUT2D eigenvalue weighted by molar-refractivity contribution is -0.385. The zero-order valence-electron chi connectivity index (χ0n) is 12.3. The molecule has 0 radical (unpaired) electrons. The smallest absolute Gasteiger partial charge is 0.258 e. The molecule has 3 rings (SSSR count). The van der Waals surface area contributed by atoms with Gasteiger partial charge in [-0.3, -0.25) is 10.1 Å². The van der Waals surface area contributed by atoms with E-state index in [0.717, 1.165) is 24.4 Å². The number of nitro groups is 1. The first-order valence-corrected chi connectivity index (χ1v) is 6.93. The third kappa shape index (κ3) is 2.93. The van der Waals surface area contributed by atoms with Gasteiger partial charge in [-0.2, -0.15) is 0 Å². The molecule has 0 amide bonds. The highest BCUT2D eigenvalue weighted by Gasteiger charge is 2.22. The van der Waals surface area contributed by atoms with Gasteiger partial charge in [0.05, 0.1) is 10.6 Å². The highest BCUT2D eigenvalue weighted by atomic mass is 19.2. The van der Waals surface area contributed by atoms with E-state index in [2.05, 4.69) is 4.98 Å². The summed E-state index contributed by atoms with van der Waals surface area (Å²) in [5, 5.41) is 11.0. The quantitative estimate of drug-likeness (QED) is 0.385. The van der Waals surface area contributed by atoms with Crippen LogP contribution in [0.25, 0.3) is 22.4 Å². The molecule has 2 aromatic carbocycles. The number of benzene rings is 2. The highest BCUT2D eigenvalue weighted by Crippen LogP contribution is 2.36. The molecule has 0 saturated heterocycles. The van der Waals surface area contributed by atoms with Gasteiger partial charge in [0.15, 0.2) is 23.3 Å². The van der Waals surface area contributed by atoms with Crippen molar-refractivity contribution < 1.29 is 22.5 Å². The molecule has 25 heavy (non-hydrogen) atoms. The first-order valence-electron chi connectivity index (χ1n) is 6.93. The fourth-order valence-electron chi connectivity index (χ4n) is 2.37. The van der Waals surface area contributed by atoms with E-state index in [1.165, 1.54) is 24.3 Å². The van der Waals surface area contributed by atoms with Gasteiger partial charge < -0.3 is 0 Å². The first-order chi connectivity index (χ1) is 11.9. The van der Waals surface area contributed by atoms with Gasteiger partial charge >= 0.3 is 0 Å². The Kier molecular flexibility index (Phi) is 4.18. The van der Waals surface area contributed by atoms with E-state index in [0.29, 0.717) is 0 Å². The molecule has 0 N–H and O–H groups in total. The van der Waals surface area contributed by atoms with Crippen molar-refractivity contribution in [3.05, 3.63) is 82.0 Å². The topological polar surface area (TPSA) is 56.0 Å². The second-order valence-corrected chi connectivity index (χ2v) is 5.05. The molecule has 0 atom stereocenters. The summed E-state index contributed by atoms with van der Waals surface area (Å²) < 4.78 is 55.3. The molecular weight excluding hydrogens is 340 g/mol. The average Bonchev–Trinajstić information content (AvgIpc) is 2.59. The van der Waals surface area contributed by atoms with E-state index >= 15 is 0 Å². The second-order valence-electron chi connectivity index (χ2n) is 5.05. The van der Waals surface area contributed by atoms with E-state index in [-0.39, 0.29) is 22.4 Å². The van der Waals surface area contributed by atoms with Gasteiger partial charge in [0.25, 0.3) is 5.69 Å². The van der Waals surface area contributed by atoms with Crippen molar-refractivity contribution in [3.63, 3.8) is 0 Å². The molecule has 0 unspecified atom stereocenters. The third-order valence-electron chi connectivity index (χ3n) is 3.53. The molecule has 3 aromatic rings. The van der Waals surface area contributed by atoms with E-state index in [1.54, 1.807) is 0 Å². The van der Waals surface area contributed by atoms with Crippen molar-refractivity contribution in [1.82, 2.24) is 4.98 Å². The van der Waals surface area contributed by atoms with E-state index in [4.69, 9.17) is 0 Å². The van der Waals surface area contributed by atoms with Gasteiger partial charge in [0.2, 0.25) is 0 Å². The van der Waals surface area contributed by atoms with Gasteiger partial charge in [-0.15, -0.1) is 0 Å². The van der Waals surface area contributed by atoms with E-state index < -0.39 is 33.9 Å². The minimum Gasteiger partial charge on any atom is -0.258 e. The predicted molar refractivity (Wildman–Crippen MR) is 81.6 cm³/mol. The maximum atomic E-state index is 14.2. The molecule has 4 nitrogen and oxygen atoms in total. The molecule has 8 heteroatoms. The molecule has 0 fully saturated rings. The van der Waals surface area contributed by atoms with E-state index in [9.17, 15) is 27.7 Å². The van der Waals surface area contributed by atoms with Gasteiger partial charge in [0, 0.05) is 22.8 Å². The summed E-state index contributed by atoms with van der Waals surface area (Å²) in [6, 6.07) is 7.44. The van der Waals surface area contributed by atoms with Gasteiger partial charge in [-0.25, -0.2) is 22.5 Å². The Balaban J connectivity index is 2.35. The number of nitrogens with zero attached hydrogens (tertiary/aromatic N) is 2. The van der Waals surface area contributed by atoms with Crippen molar-refractivity contribution in [2.24, 2.45) is 0 Å². The number of halogens is 4. The normalized spacial score (nSPS) is 10.7. The molecule has 0 spiro atoms. The Morgan fingerprint density at radius 1 is 0.840 bits per heavy atom. The molecular formula is C17H8F4N2O2. The van der Waals surface area contributed by atoms with Crippen LogP contribution >= 0.6 is 0 Å². The van der Waals surface area contributed by atoms with Crippen molar-refractivity contribution in [2.75, 3.05) is 0 Å². The summed E-state index contributed by atoms with van der Waals surface area (Å²) in [4.78, 5) is 14.0. The summed E-state index contributed by atoms with van der Waals surface area (Å²) >= 11 is 0. The van der Waals surface area contributed by atoms with Crippen LogP contribution in [0.5, 0.6) is 0 Å². The maximum absolute atomic E-state index is 14.2. The zero-order chi connectivity index (χ0) is 18.1. The fourth-order valence-corrected chi connectivity index (χ4v) is 2.37. The van der Waals surface area contributed by atoms with Gasteiger partial charge in [-0.1, -0.05) is 18.2 Å². The SMILES string of the molecule is O=[N+]([O-])c1cnc(-c2cccc(F)c2F)c(-c2cccc(F)c2F)c1. The Hall–Kier alpha value is -3.29. The Morgan fingerprint density at radius 2 is 1.40 bits per heavy atom. The van der Waals surface area contributed by atoms with E-state index in [1.807, 2.05) is 0 Å². The predicted octanol–water partition coefficient (Wildman–Crippen LogP) is 4.88. The Bertz CT molecular complexity index is 992. The Morgan fingerprint density at radius 3 is 2.00 bits per heavy atom. The highest BCUT2D eigenvalue weighted by molar-refractivity contribution is 5.82. The molecule has 0 saturated carbocycles. The van der Waals surface area contributed by atoms with Crippen LogP contribution in [0.3, 0.4) is 0 Å². The molecule has 0 aliphatic carbocycles. The summed E-state index contributed by atoms with van der Waals surface area (Å²) in [5.41, 5.74) is -1.65. The minimum absolute atomic E-state index is 0.226. The van der Waals surface area contributed by atoms with Crippen LogP contribution in [0.2, 0.25) is 0 Å². The van der Waals surface area contributed by atoms with Crippen LogP contribution in [0.4, 0.5) is 23.2 Å². The van der Waals surface area contributed by atoms with Crippen LogP contribution in [0.1, 0.15) is 0 Å². The molecule has 1 heterocycles. The number of rotatable bonds is 3. The Labute approximate surface area is 138 Å². The largest absolute Gasteiger partial charge is 0.288 e. The standard InChI is InChI=1S/C17H8F4N2O2/c18-13-5-1-3-10(15(13)20)12-7-9(23(24)25)8-22-17(12)11-4-2-6-14(19)16(11)21/h1-8H. The first kappa shape index (κ1) is 16.6. The van der Waals surface area contributed by atoms with Crippen LogP contribution in [-0.4, -0.2) is 9.91 Å². The third-order valence-corrected chi connectivity index (χ3v) is 3.53. The number of pyridine rings is 1.